The average Bonchev–Trinajstić information content (AvgIpc) is 2.85. The molecule has 0 aliphatic rings. The van der Waals surface area contributed by atoms with Gasteiger partial charge in [0, 0.05) is 17.7 Å². The molecule has 0 aliphatic heterocycles. The van der Waals surface area contributed by atoms with Crippen molar-refractivity contribution in [2.45, 2.75) is 33.2 Å². The average molecular weight is 500 g/mol. The molecule has 0 bridgehead atoms. The molecule has 0 unspecified atom stereocenters. The Morgan fingerprint density at radius 3 is 2.40 bits per heavy atom. The first-order valence-electron chi connectivity index (χ1n) is 11.3. The molecule has 0 saturated heterocycles. The number of rotatable bonds is 11. The van der Waals surface area contributed by atoms with Crippen molar-refractivity contribution in [3.8, 4) is 22.6 Å². The van der Waals surface area contributed by atoms with Crippen molar-refractivity contribution in [2.24, 2.45) is 0 Å². The summed E-state index contributed by atoms with van der Waals surface area (Å²) in [6.07, 6.45) is 1.64. The highest BCUT2D eigenvalue weighted by Crippen LogP contribution is 2.30. The number of amides is 1. The van der Waals surface area contributed by atoms with Crippen molar-refractivity contribution < 1.29 is 28.6 Å². The molecular weight excluding hydrogens is 473 g/mol. The Morgan fingerprint density at radius 2 is 1.71 bits per heavy atom. The standard InChI is InChI=1S/C27H27ClFNO5/c1-3-11-34-20-7-8-21(23(28)15-20)26(31)30-16-19-13-17(6-10-25(19)35-12-4-2)22-14-18(27(32)33)5-9-24(22)29/h5-10,13-15H,3-4,11-12,16H2,1-2H3,(H,30,31)(H,32,33). The van der Waals surface area contributed by atoms with Gasteiger partial charge >= 0.3 is 5.97 Å². The predicted octanol–water partition coefficient (Wildman–Crippen LogP) is 6.35. The minimum Gasteiger partial charge on any atom is -0.494 e. The third-order valence-corrected chi connectivity index (χ3v) is 5.46. The topological polar surface area (TPSA) is 84.9 Å². The van der Waals surface area contributed by atoms with Crippen molar-refractivity contribution >= 4 is 23.5 Å². The number of carbonyl (C=O) groups excluding carboxylic acids is 1. The summed E-state index contributed by atoms with van der Waals surface area (Å²) in [5.41, 5.74) is 1.49. The van der Waals surface area contributed by atoms with E-state index >= 15 is 0 Å². The summed E-state index contributed by atoms with van der Waals surface area (Å²) >= 11 is 6.29. The number of aromatic carboxylic acids is 1. The van der Waals surface area contributed by atoms with Crippen molar-refractivity contribution in [3.63, 3.8) is 0 Å². The number of nitrogens with one attached hydrogen (secondary N) is 1. The van der Waals surface area contributed by atoms with Crippen molar-refractivity contribution in [2.75, 3.05) is 13.2 Å². The Kier molecular flexibility index (Phi) is 9.09. The van der Waals surface area contributed by atoms with Gasteiger partial charge in [-0.25, -0.2) is 9.18 Å². The number of ether oxygens (including phenoxy) is 2. The summed E-state index contributed by atoms with van der Waals surface area (Å²) in [7, 11) is 0. The normalized spacial score (nSPS) is 10.6. The number of carbonyl (C=O) groups is 2. The van der Waals surface area contributed by atoms with Crippen LogP contribution in [0.5, 0.6) is 11.5 Å². The van der Waals surface area contributed by atoms with E-state index in [0.717, 1.165) is 18.9 Å². The monoisotopic (exact) mass is 499 g/mol. The molecule has 0 fully saturated rings. The van der Waals surface area contributed by atoms with Crippen LogP contribution < -0.4 is 14.8 Å². The fraction of sp³-hybridized carbons (Fsp3) is 0.259. The smallest absolute Gasteiger partial charge is 0.335 e. The van der Waals surface area contributed by atoms with Crippen molar-refractivity contribution in [1.82, 2.24) is 5.32 Å². The molecule has 35 heavy (non-hydrogen) atoms. The van der Waals surface area contributed by atoms with Crippen LogP contribution in [-0.2, 0) is 6.54 Å². The van der Waals surface area contributed by atoms with Gasteiger partial charge in [-0.15, -0.1) is 0 Å². The number of carboxylic acid groups (broad SMARTS) is 1. The van der Waals surface area contributed by atoms with E-state index in [4.69, 9.17) is 21.1 Å². The zero-order valence-corrected chi connectivity index (χ0v) is 20.3. The van der Waals surface area contributed by atoms with E-state index in [1.807, 2.05) is 13.8 Å². The second-order valence-electron chi connectivity index (χ2n) is 7.84. The van der Waals surface area contributed by atoms with Crippen LogP contribution >= 0.6 is 11.6 Å². The van der Waals surface area contributed by atoms with Gasteiger partial charge in [0.05, 0.1) is 29.4 Å². The zero-order valence-electron chi connectivity index (χ0n) is 19.6. The third kappa shape index (κ3) is 6.73. The quantitative estimate of drug-likeness (QED) is 0.321. The lowest BCUT2D eigenvalue weighted by atomic mass is 9.99. The second-order valence-corrected chi connectivity index (χ2v) is 8.25. The molecule has 3 aromatic rings. The van der Waals surface area contributed by atoms with E-state index in [2.05, 4.69) is 5.32 Å². The van der Waals surface area contributed by atoms with Crippen LogP contribution in [0.1, 0.15) is 53.0 Å². The van der Waals surface area contributed by atoms with E-state index in [9.17, 15) is 19.1 Å². The van der Waals surface area contributed by atoms with Gasteiger partial charge in [-0.3, -0.25) is 4.79 Å². The summed E-state index contributed by atoms with van der Waals surface area (Å²) in [5, 5.41) is 12.4. The molecule has 0 aromatic heterocycles. The summed E-state index contributed by atoms with van der Waals surface area (Å²) in [5.74, 6) is -0.959. The minimum atomic E-state index is -1.15. The second kappa shape index (κ2) is 12.2. The number of hydrogen-bond acceptors (Lipinski definition) is 4. The highest BCUT2D eigenvalue weighted by atomic mass is 35.5. The van der Waals surface area contributed by atoms with Crippen molar-refractivity contribution in [1.29, 1.82) is 0 Å². The molecule has 0 heterocycles. The Bertz CT molecular complexity index is 1210. The molecule has 0 saturated carbocycles. The van der Waals surface area contributed by atoms with Crippen LogP contribution in [-0.4, -0.2) is 30.2 Å². The third-order valence-electron chi connectivity index (χ3n) is 5.14. The summed E-state index contributed by atoms with van der Waals surface area (Å²) < 4.78 is 25.9. The van der Waals surface area contributed by atoms with E-state index in [1.54, 1.807) is 36.4 Å². The minimum absolute atomic E-state index is 0.0245. The molecule has 184 valence electrons. The maximum Gasteiger partial charge on any atom is 0.335 e. The summed E-state index contributed by atoms with van der Waals surface area (Å²) in [6.45, 7) is 5.08. The van der Waals surface area contributed by atoms with E-state index in [1.165, 1.54) is 12.1 Å². The Balaban J connectivity index is 1.86. The predicted molar refractivity (Wildman–Crippen MR) is 133 cm³/mol. The molecule has 6 nitrogen and oxygen atoms in total. The fourth-order valence-electron chi connectivity index (χ4n) is 3.38. The van der Waals surface area contributed by atoms with Crippen LogP contribution in [0.15, 0.2) is 54.6 Å². The lowest BCUT2D eigenvalue weighted by Crippen LogP contribution is -2.23. The first-order valence-corrected chi connectivity index (χ1v) is 11.7. The highest BCUT2D eigenvalue weighted by Gasteiger charge is 2.15. The van der Waals surface area contributed by atoms with Gasteiger partial charge in [0.2, 0.25) is 0 Å². The molecule has 3 aromatic carbocycles. The van der Waals surface area contributed by atoms with E-state index < -0.39 is 11.8 Å². The first kappa shape index (κ1) is 26.0. The first-order chi connectivity index (χ1) is 16.8. The van der Waals surface area contributed by atoms with Gasteiger partial charge in [0.1, 0.15) is 17.3 Å². The molecule has 1 amide bonds. The Labute approximate surface area is 208 Å². The number of benzene rings is 3. The van der Waals surface area contributed by atoms with Crippen LogP contribution in [0.3, 0.4) is 0 Å². The van der Waals surface area contributed by atoms with Gasteiger partial charge in [0.25, 0.3) is 5.91 Å². The van der Waals surface area contributed by atoms with Crippen molar-refractivity contribution in [3.05, 3.63) is 82.1 Å². The Morgan fingerprint density at radius 1 is 0.971 bits per heavy atom. The van der Waals surface area contributed by atoms with Gasteiger partial charge in [-0.2, -0.15) is 0 Å². The van der Waals surface area contributed by atoms with Crippen LogP contribution in [0, 0.1) is 5.82 Å². The lowest BCUT2D eigenvalue weighted by Gasteiger charge is -2.15. The summed E-state index contributed by atoms with van der Waals surface area (Å²) in [6, 6.07) is 13.5. The number of carboxylic acids is 1. The highest BCUT2D eigenvalue weighted by molar-refractivity contribution is 6.34. The van der Waals surface area contributed by atoms with Crippen LogP contribution in [0.25, 0.3) is 11.1 Å². The molecule has 2 N–H and O–H groups in total. The maximum absolute atomic E-state index is 14.5. The molecular formula is C27H27ClFNO5. The lowest BCUT2D eigenvalue weighted by molar-refractivity contribution is 0.0696. The number of hydrogen-bond donors (Lipinski definition) is 2. The molecule has 0 radical (unpaired) electrons. The molecule has 3 rings (SSSR count). The van der Waals surface area contributed by atoms with E-state index in [-0.39, 0.29) is 28.6 Å². The van der Waals surface area contributed by atoms with Crippen LogP contribution in [0.2, 0.25) is 5.02 Å². The Hall–Kier alpha value is -3.58. The SMILES string of the molecule is CCCOc1ccc(C(=O)NCc2cc(-c3cc(C(=O)O)ccc3F)ccc2OCCC)c(Cl)c1. The fourth-order valence-corrected chi connectivity index (χ4v) is 3.63. The zero-order chi connectivity index (χ0) is 25.4. The molecule has 0 atom stereocenters. The molecule has 0 aliphatic carbocycles. The largest absolute Gasteiger partial charge is 0.494 e. The number of halogens is 2. The van der Waals surface area contributed by atoms with Gasteiger partial charge < -0.3 is 19.9 Å². The van der Waals surface area contributed by atoms with E-state index in [0.29, 0.717) is 41.4 Å². The molecule has 0 spiro atoms. The van der Waals surface area contributed by atoms with Crippen LogP contribution in [0.4, 0.5) is 4.39 Å². The molecule has 8 heteroatoms. The van der Waals surface area contributed by atoms with Gasteiger partial charge in [0.15, 0.2) is 0 Å². The summed E-state index contributed by atoms with van der Waals surface area (Å²) in [4.78, 5) is 24.2. The maximum atomic E-state index is 14.5. The van der Waals surface area contributed by atoms with Gasteiger partial charge in [-0.05, 0) is 66.9 Å². The van der Waals surface area contributed by atoms with Gasteiger partial charge in [-0.1, -0.05) is 31.5 Å².